The quantitative estimate of drug-likeness (QED) is 0.716. The Morgan fingerprint density at radius 1 is 0.935 bits per heavy atom. The maximum absolute atomic E-state index is 12.9. The first-order chi connectivity index (χ1) is 14.8. The number of nitrogens with zero attached hydrogens (tertiary/aromatic N) is 2. The van der Waals surface area contributed by atoms with Crippen molar-refractivity contribution in [2.75, 3.05) is 18.0 Å². The van der Waals surface area contributed by atoms with E-state index in [2.05, 4.69) is 4.72 Å². The number of amides is 2. The van der Waals surface area contributed by atoms with Gasteiger partial charge in [-0.15, -0.1) is 0 Å². The van der Waals surface area contributed by atoms with Crippen LogP contribution in [0.1, 0.15) is 42.4 Å². The SMILES string of the molecule is Cc1cc(S(=O)(=O)NCc2ccccc2CN2CCCC2=O)ccc1N1CCCC1=O. The number of anilines is 1. The molecule has 0 bridgehead atoms. The predicted molar refractivity (Wildman–Crippen MR) is 118 cm³/mol. The van der Waals surface area contributed by atoms with E-state index in [0.29, 0.717) is 25.9 Å². The molecule has 2 aliphatic rings. The van der Waals surface area contributed by atoms with Crippen molar-refractivity contribution in [1.82, 2.24) is 9.62 Å². The van der Waals surface area contributed by atoms with E-state index in [1.54, 1.807) is 23.1 Å². The Labute approximate surface area is 183 Å². The molecular formula is C23H27N3O4S. The van der Waals surface area contributed by atoms with Crippen LogP contribution in [0, 0.1) is 6.92 Å². The summed E-state index contributed by atoms with van der Waals surface area (Å²) in [5, 5.41) is 0. The Morgan fingerprint density at radius 3 is 2.29 bits per heavy atom. The minimum absolute atomic E-state index is 0.0740. The predicted octanol–water partition coefficient (Wildman–Crippen LogP) is 2.72. The molecule has 2 fully saturated rings. The van der Waals surface area contributed by atoms with Gasteiger partial charge < -0.3 is 9.80 Å². The van der Waals surface area contributed by atoms with Crippen LogP contribution in [0.15, 0.2) is 47.4 Å². The lowest BCUT2D eigenvalue weighted by molar-refractivity contribution is -0.128. The average Bonchev–Trinajstić information content (AvgIpc) is 3.35. The number of rotatable bonds is 7. The van der Waals surface area contributed by atoms with Gasteiger partial charge in [0.15, 0.2) is 0 Å². The lowest BCUT2D eigenvalue weighted by Gasteiger charge is -2.20. The number of carbonyl (C=O) groups excluding carboxylic acids is 2. The Kier molecular flexibility index (Phi) is 6.11. The smallest absolute Gasteiger partial charge is 0.240 e. The second-order valence-electron chi connectivity index (χ2n) is 8.11. The standard InChI is InChI=1S/C23H27N3O4S/c1-17-14-20(10-11-21(17)26-13-5-9-23(26)28)31(29,30)24-15-18-6-2-3-7-19(18)16-25-12-4-8-22(25)27/h2-3,6-7,10-11,14,24H,4-5,8-9,12-13,15-16H2,1H3. The van der Waals surface area contributed by atoms with E-state index in [-0.39, 0.29) is 23.3 Å². The van der Waals surface area contributed by atoms with E-state index in [1.807, 2.05) is 36.1 Å². The molecule has 1 N–H and O–H groups in total. The van der Waals surface area contributed by atoms with Gasteiger partial charge in [-0.05, 0) is 54.7 Å². The van der Waals surface area contributed by atoms with Gasteiger partial charge in [-0.25, -0.2) is 13.1 Å². The van der Waals surface area contributed by atoms with E-state index in [1.165, 1.54) is 0 Å². The van der Waals surface area contributed by atoms with Crippen LogP contribution in [-0.4, -0.2) is 38.2 Å². The Morgan fingerprint density at radius 2 is 1.65 bits per heavy atom. The summed E-state index contributed by atoms with van der Waals surface area (Å²) in [6.07, 6.45) is 2.80. The van der Waals surface area contributed by atoms with E-state index in [0.717, 1.165) is 41.8 Å². The van der Waals surface area contributed by atoms with E-state index in [9.17, 15) is 18.0 Å². The molecule has 2 saturated heterocycles. The molecule has 4 rings (SSSR count). The van der Waals surface area contributed by atoms with Gasteiger partial charge in [0.2, 0.25) is 21.8 Å². The van der Waals surface area contributed by atoms with E-state index < -0.39 is 10.0 Å². The first-order valence-electron chi connectivity index (χ1n) is 10.6. The third-order valence-electron chi connectivity index (χ3n) is 5.95. The highest BCUT2D eigenvalue weighted by Gasteiger charge is 2.25. The topological polar surface area (TPSA) is 86.8 Å². The molecule has 0 aliphatic carbocycles. The van der Waals surface area contributed by atoms with Crippen molar-refractivity contribution in [3.63, 3.8) is 0 Å². The second kappa shape index (κ2) is 8.80. The van der Waals surface area contributed by atoms with Gasteiger partial charge in [0.05, 0.1) is 4.90 Å². The fourth-order valence-corrected chi connectivity index (χ4v) is 5.31. The third-order valence-corrected chi connectivity index (χ3v) is 7.35. The molecule has 2 aliphatic heterocycles. The number of hydrogen-bond donors (Lipinski definition) is 1. The lowest BCUT2D eigenvalue weighted by atomic mass is 10.1. The number of benzene rings is 2. The number of sulfonamides is 1. The number of nitrogens with one attached hydrogen (secondary N) is 1. The first-order valence-corrected chi connectivity index (χ1v) is 12.1. The fraction of sp³-hybridized carbons (Fsp3) is 0.391. The largest absolute Gasteiger partial charge is 0.338 e. The zero-order valence-electron chi connectivity index (χ0n) is 17.6. The second-order valence-corrected chi connectivity index (χ2v) is 9.88. The molecule has 2 amide bonds. The lowest BCUT2D eigenvalue weighted by Crippen LogP contribution is -2.27. The molecule has 0 aromatic heterocycles. The molecule has 0 saturated carbocycles. The maximum Gasteiger partial charge on any atom is 0.240 e. The Bertz CT molecular complexity index is 1110. The summed E-state index contributed by atoms with van der Waals surface area (Å²) >= 11 is 0. The molecule has 2 aromatic carbocycles. The summed E-state index contributed by atoms with van der Waals surface area (Å²) in [5.41, 5.74) is 3.31. The van der Waals surface area contributed by atoms with Crippen LogP contribution in [0.2, 0.25) is 0 Å². The van der Waals surface area contributed by atoms with E-state index in [4.69, 9.17) is 0 Å². The van der Waals surface area contributed by atoms with E-state index >= 15 is 0 Å². The molecule has 8 heteroatoms. The van der Waals surface area contributed by atoms with Crippen LogP contribution >= 0.6 is 0 Å². The van der Waals surface area contributed by atoms with Gasteiger partial charge in [0, 0.05) is 44.7 Å². The average molecular weight is 442 g/mol. The van der Waals surface area contributed by atoms with Crippen LogP contribution in [0.25, 0.3) is 0 Å². The zero-order chi connectivity index (χ0) is 22.0. The maximum atomic E-state index is 12.9. The minimum atomic E-state index is -3.72. The van der Waals surface area contributed by atoms with Crippen molar-refractivity contribution in [3.05, 3.63) is 59.2 Å². The van der Waals surface area contributed by atoms with Crippen LogP contribution in [0.5, 0.6) is 0 Å². The molecule has 0 spiro atoms. The molecule has 31 heavy (non-hydrogen) atoms. The summed E-state index contributed by atoms with van der Waals surface area (Å²) in [7, 11) is -3.72. The molecule has 0 atom stereocenters. The molecule has 0 unspecified atom stereocenters. The Balaban J connectivity index is 1.48. The molecule has 2 heterocycles. The first kappa shape index (κ1) is 21.5. The highest BCUT2D eigenvalue weighted by molar-refractivity contribution is 7.89. The fourth-order valence-electron chi connectivity index (χ4n) is 4.22. The minimum Gasteiger partial charge on any atom is -0.338 e. The number of carbonyl (C=O) groups is 2. The van der Waals surface area contributed by atoms with Crippen LogP contribution in [0.3, 0.4) is 0 Å². The summed E-state index contributed by atoms with van der Waals surface area (Å²) in [6, 6.07) is 12.4. The van der Waals surface area contributed by atoms with Crippen molar-refractivity contribution in [3.8, 4) is 0 Å². The van der Waals surface area contributed by atoms with Gasteiger partial charge in [0.25, 0.3) is 0 Å². The van der Waals surface area contributed by atoms with Crippen LogP contribution in [0.4, 0.5) is 5.69 Å². The zero-order valence-corrected chi connectivity index (χ0v) is 18.5. The highest BCUT2D eigenvalue weighted by atomic mass is 32.2. The Hall–Kier alpha value is -2.71. The van der Waals surface area contributed by atoms with Crippen molar-refractivity contribution in [1.29, 1.82) is 0 Å². The van der Waals surface area contributed by atoms with Crippen LogP contribution < -0.4 is 9.62 Å². The normalized spacial score (nSPS) is 17.1. The monoisotopic (exact) mass is 441 g/mol. The summed E-state index contributed by atoms with van der Waals surface area (Å²) in [5.74, 6) is 0.215. The molecular weight excluding hydrogens is 414 g/mol. The summed E-state index contributed by atoms with van der Waals surface area (Å²) in [4.78, 5) is 27.7. The number of aryl methyl sites for hydroxylation is 1. The molecule has 0 radical (unpaired) electrons. The molecule has 164 valence electrons. The number of hydrogen-bond acceptors (Lipinski definition) is 4. The third kappa shape index (κ3) is 4.65. The van der Waals surface area contributed by atoms with Crippen molar-refractivity contribution in [2.45, 2.75) is 50.6 Å². The molecule has 2 aromatic rings. The highest BCUT2D eigenvalue weighted by Crippen LogP contribution is 2.27. The summed E-state index contributed by atoms with van der Waals surface area (Å²) in [6.45, 7) is 3.87. The van der Waals surface area contributed by atoms with Crippen molar-refractivity contribution in [2.24, 2.45) is 0 Å². The van der Waals surface area contributed by atoms with Gasteiger partial charge in [0.1, 0.15) is 0 Å². The number of likely N-dealkylation sites (tertiary alicyclic amines) is 1. The van der Waals surface area contributed by atoms with Gasteiger partial charge >= 0.3 is 0 Å². The van der Waals surface area contributed by atoms with Crippen molar-refractivity contribution >= 4 is 27.5 Å². The molecule has 7 nitrogen and oxygen atoms in total. The van der Waals surface area contributed by atoms with Gasteiger partial charge in [-0.3, -0.25) is 9.59 Å². The van der Waals surface area contributed by atoms with Crippen molar-refractivity contribution < 1.29 is 18.0 Å². The van der Waals surface area contributed by atoms with Crippen LogP contribution in [-0.2, 0) is 32.7 Å². The summed E-state index contributed by atoms with van der Waals surface area (Å²) < 4.78 is 28.5. The van der Waals surface area contributed by atoms with Gasteiger partial charge in [-0.1, -0.05) is 24.3 Å². The van der Waals surface area contributed by atoms with Gasteiger partial charge in [-0.2, -0.15) is 0 Å².